The fraction of sp³-hybridized carbons (Fsp3) is 1.00. The lowest BCUT2D eigenvalue weighted by Gasteiger charge is -2.19. The normalized spacial score (nSPS) is 32.2. The maximum absolute atomic E-state index is 9.46. The standard InChI is InChI=1S/C9H19NO/c1-9(2)4-3-7(5-9)8(11)6-10/h7-8,11H,3-6,10H2,1-2H3/t7?,8-/m1/s1. The van der Waals surface area contributed by atoms with Gasteiger partial charge in [0.05, 0.1) is 6.10 Å². The first-order chi connectivity index (χ1) is 5.05. The summed E-state index contributed by atoms with van der Waals surface area (Å²) >= 11 is 0. The molecule has 2 nitrogen and oxygen atoms in total. The van der Waals surface area contributed by atoms with Gasteiger partial charge in [-0.2, -0.15) is 0 Å². The molecule has 1 rings (SSSR count). The van der Waals surface area contributed by atoms with E-state index in [1.54, 1.807) is 0 Å². The Hall–Kier alpha value is -0.0800. The van der Waals surface area contributed by atoms with Crippen LogP contribution < -0.4 is 5.73 Å². The van der Waals surface area contributed by atoms with Crippen LogP contribution in [0.4, 0.5) is 0 Å². The van der Waals surface area contributed by atoms with Crippen LogP contribution in [0.1, 0.15) is 33.1 Å². The van der Waals surface area contributed by atoms with Gasteiger partial charge in [0.1, 0.15) is 0 Å². The van der Waals surface area contributed by atoms with Gasteiger partial charge in [-0.3, -0.25) is 0 Å². The van der Waals surface area contributed by atoms with Crippen LogP contribution in [-0.2, 0) is 0 Å². The molecule has 3 N–H and O–H groups in total. The predicted molar refractivity (Wildman–Crippen MR) is 46.2 cm³/mol. The molecule has 0 heterocycles. The number of hydrogen-bond donors (Lipinski definition) is 2. The molecule has 0 amide bonds. The molecular formula is C9H19NO. The highest BCUT2D eigenvalue weighted by atomic mass is 16.3. The lowest BCUT2D eigenvalue weighted by Crippen LogP contribution is -2.27. The highest BCUT2D eigenvalue weighted by Gasteiger charge is 2.33. The van der Waals surface area contributed by atoms with E-state index < -0.39 is 0 Å². The zero-order valence-electron chi connectivity index (χ0n) is 7.51. The van der Waals surface area contributed by atoms with Crippen LogP contribution >= 0.6 is 0 Å². The van der Waals surface area contributed by atoms with E-state index in [1.807, 2.05) is 0 Å². The number of rotatable bonds is 2. The van der Waals surface area contributed by atoms with E-state index in [1.165, 1.54) is 6.42 Å². The fourth-order valence-electron chi connectivity index (χ4n) is 2.01. The number of hydrogen-bond acceptors (Lipinski definition) is 2. The molecule has 0 aliphatic heterocycles. The van der Waals surface area contributed by atoms with Gasteiger partial charge in [-0.25, -0.2) is 0 Å². The van der Waals surface area contributed by atoms with Gasteiger partial charge < -0.3 is 10.8 Å². The average Bonchev–Trinajstić information content (AvgIpc) is 2.29. The van der Waals surface area contributed by atoms with Crippen molar-refractivity contribution >= 4 is 0 Å². The molecule has 1 aliphatic carbocycles. The van der Waals surface area contributed by atoms with Crippen LogP contribution in [0.2, 0.25) is 0 Å². The van der Waals surface area contributed by atoms with Crippen molar-refractivity contribution in [3.63, 3.8) is 0 Å². The first kappa shape index (κ1) is 9.01. The second kappa shape index (κ2) is 3.11. The summed E-state index contributed by atoms with van der Waals surface area (Å²) in [6, 6.07) is 0. The van der Waals surface area contributed by atoms with E-state index in [4.69, 9.17) is 5.73 Å². The average molecular weight is 157 g/mol. The topological polar surface area (TPSA) is 46.2 Å². The Bertz CT molecular complexity index is 134. The lowest BCUT2D eigenvalue weighted by atomic mass is 9.89. The minimum Gasteiger partial charge on any atom is -0.392 e. The lowest BCUT2D eigenvalue weighted by molar-refractivity contribution is 0.112. The number of aliphatic hydroxyl groups is 1. The van der Waals surface area contributed by atoms with Crippen molar-refractivity contribution in [3.8, 4) is 0 Å². The summed E-state index contributed by atoms with van der Waals surface area (Å²) in [5, 5.41) is 9.46. The summed E-state index contributed by atoms with van der Waals surface area (Å²) in [7, 11) is 0. The van der Waals surface area contributed by atoms with E-state index in [9.17, 15) is 5.11 Å². The zero-order valence-corrected chi connectivity index (χ0v) is 7.51. The maximum Gasteiger partial charge on any atom is 0.0690 e. The van der Waals surface area contributed by atoms with Crippen LogP contribution in [0.3, 0.4) is 0 Å². The largest absolute Gasteiger partial charge is 0.392 e. The predicted octanol–water partition coefficient (Wildman–Crippen LogP) is 1.13. The minimum atomic E-state index is -0.267. The molecule has 0 aromatic rings. The third-order valence-electron chi connectivity index (χ3n) is 2.79. The summed E-state index contributed by atoms with van der Waals surface area (Å²) in [5.74, 6) is 0.454. The van der Waals surface area contributed by atoms with Gasteiger partial charge in [0.15, 0.2) is 0 Å². The first-order valence-corrected chi connectivity index (χ1v) is 4.43. The number of nitrogens with two attached hydrogens (primary N) is 1. The molecule has 2 heteroatoms. The Kier molecular flexibility index (Phi) is 2.55. The molecule has 2 atom stereocenters. The van der Waals surface area contributed by atoms with Crippen molar-refractivity contribution in [2.24, 2.45) is 17.1 Å². The van der Waals surface area contributed by atoms with Gasteiger partial charge in [-0.15, -0.1) is 0 Å². The van der Waals surface area contributed by atoms with Crippen molar-refractivity contribution in [2.75, 3.05) is 6.54 Å². The Morgan fingerprint density at radius 3 is 2.64 bits per heavy atom. The molecule has 66 valence electrons. The first-order valence-electron chi connectivity index (χ1n) is 4.43. The second-order valence-corrected chi connectivity index (χ2v) is 4.47. The molecule has 0 aromatic heterocycles. The van der Waals surface area contributed by atoms with E-state index in [2.05, 4.69) is 13.8 Å². The molecule has 0 aromatic carbocycles. The van der Waals surface area contributed by atoms with Gasteiger partial charge in [0.25, 0.3) is 0 Å². The van der Waals surface area contributed by atoms with E-state index >= 15 is 0 Å². The Morgan fingerprint density at radius 1 is 1.64 bits per heavy atom. The Labute approximate surface area is 68.8 Å². The molecule has 1 fully saturated rings. The van der Waals surface area contributed by atoms with Gasteiger partial charge in [-0.1, -0.05) is 13.8 Å². The highest BCUT2D eigenvalue weighted by molar-refractivity contribution is 4.85. The van der Waals surface area contributed by atoms with E-state index in [0.717, 1.165) is 12.8 Å². The van der Waals surface area contributed by atoms with Crippen LogP contribution in [0.15, 0.2) is 0 Å². The zero-order chi connectivity index (χ0) is 8.48. The van der Waals surface area contributed by atoms with Crippen molar-refractivity contribution in [1.29, 1.82) is 0 Å². The monoisotopic (exact) mass is 157 g/mol. The van der Waals surface area contributed by atoms with Crippen molar-refractivity contribution in [3.05, 3.63) is 0 Å². The molecule has 1 unspecified atom stereocenters. The van der Waals surface area contributed by atoms with Crippen molar-refractivity contribution in [1.82, 2.24) is 0 Å². The molecule has 1 aliphatic rings. The number of aliphatic hydroxyl groups excluding tert-OH is 1. The molecule has 0 saturated heterocycles. The van der Waals surface area contributed by atoms with Crippen LogP contribution in [0.25, 0.3) is 0 Å². The summed E-state index contributed by atoms with van der Waals surface area (Å²) in [4.78, 5) is 0. The SMILES string of the molecule is CC1(C)CCC([C@H](O)CN)C1. The van der Waals surface area contributed by atoms with Crippen molar-refractivity contribution in [2.45, 2.75) is 39.2 Å². The molecule has 0 radical (unpaired) electrons. The van der Waals surface area contributed by atoms with Gasteiger partial charge in [-0.05, 0) is 30.6 Å². The van der Waals surface area contributed by atoms with Gasteiger partial charge in [0.2, 0.25) is 0 Å². The molecule has 1 saturated carbocycles. The summed E-state index contributed by atoms with van der Waals surface area (Å²) in [6.07, 6.45) is 3.24. The molecule has 0 spiro atoms. The summed E-state index contributed by atoms with van der Waals surface area (Å²) in [5.41, 5.74) is 5.82. The molecule has 11 heavy (non-hydrogen) atoms. The third-order valence-corrected chi connectivity index (χ3v) is 2.79. The van der Waals surface area contributed by atoms with Gasteiger partial charge >= 0.3 is 0 Å². The summed E-state index contributed by atoms with van der Waals surface area (Å²) < 4.78 is 0. The quantitative estimate of drug-likeness (QED) is 0.631. The van der Waals surface area contributed by atoms with E-state index in [0.29, 0.717) is 17.9 Å². The highest BCUT2D eigenvalue weighted by Crippen LogP contribution is 2.41. The second-order valence-electron chi connectivity index (χ2n) is 4.47. The Morgan fingerprint density at radius 2 is 2.27 bits per heavy atom. The third kappa shape index (κ3) is 2.17. The molecular weight excluding hydrogens is 138 g/mol. The van der Waals surface area contributed by atoms with Crippen LogP contribution in [-0.4, -0.2) is 17.8 Å². The fourth-order valence-corrected chi connectivity index (χ4v) is 2.01. The smallest absolute Gasteiger partial charge is 0.0690 e. The summed E-state index contributed by atoms with van der Waals surface area (Å²) in [6.45, 7) is 4.94. The Balaban J connectivity index is 2.41. The maximum atomic E-state index is 9.46. The van der Waals surface area contributed by atoms with Crippen LogP contribution in [0.5, 0.6) is 0 Å². The minimum absolute atomic E-state index is 0.267. The van der Waals surface area contributed by atoms with E-state index in [-0.39, 0.29) is 6.10 Å². The van der Waals surface area contributed by atoms with Crippen molar-refractivity contribution < 1.29 is 5.11 Å². The van der Waals surface area contributed by atoms with Gasteiger partial charge in [0, 0.05) is 6.54 Å². The molecule has 0 bridgehead atoms. The van der Waals surface area contributed by atoms with Crippen LogP contribution in [0, 0.1) is 11.3 Å².